The van der Waals surface area contributed by atoms with Crippen LogP contribution in [0, 0.1) is 23.4 Å². The summed E-state index contributed by atoms with van der Waals surface area (Å²) in [5, 5.41) is 0. The van der Waals surface area contributed by atoms with Crippen molar-refractivity contribution in [1.82, 2.24) is 0 Å². The normalized spacial score (nSPS) is 24.5. The van der Waals surface area contributed by atoms with Crippen LogP contribution in [0.25, 0.3) is 0 Å². The van der Waals surface area contributed by atoms with E-state index in [-0.39, 0.29) is 29.3 Å². The molecule has 0 unspecified atom stereocenters. The second-order valence-corrected chi connectivity index (χ2v) is 10.8. The van der Waals surface area contributed by atoms with Crippen molar-refractivity contribution in [2.24, 2.45) is 5.92 Å². The summed E-state index contributed by atoms with van der Waals surface area (Å²) in [6.07, 6.45) is 10.1. The Labute approximate surface area is 213 Å². The van der Waals surface area contributed by atoms with Crippen LogP contribution in [0.5, 0.6) is 0 Å². The van der Waals surface area contributed by atoms with Crippen LogP contribution in [0.3, 0.4) is 0 Å². The SMILES string of the molecule is CCCCc1ccc(C2CCC(OC(=O)c3ccc(C4CCC(CC)CC4)c(F)c3F)CC2)cc1F. The van der Waals surface area contributed by atoms with Crippen LogP contribution >= 0.6 is 0 Å². The van der Waals surface area contributed by atoms with Crippen LogP contribution in [-0.4, -0.2) is 12.1 Å². The molecule has 0 amide bonds. The van der Waals surface area contributed by atoms with Gasteiger partial charge < -0.3 is 4.74 Å². The molecule has 196 valence electrons. The number of carbonyl (C=O) groups excluding carboxylic acids is 1. The van der Waals surface area contributed by atoms with Gasteiger partial charge >= 0.3 is 5.97 Å². The lowest BCUT2D eigenvalue weighted by Crippen LogP contribution is -2.25. The molecule has 5 heteroatoms. The minimum Gasteiger partial charge on any atom is -0.459 e. The van der Waals surface area contributed by atoms with E-state index in [0.717, 1.165) is 75.3 Å². The molecule has 0 heterocycles. The highest BCUT2D eigenvalue weighted by atomic mass is 19.2. The van der Waals surface area contributed by atoms with Crippen LogP contribution in [0.1, 0.15) is 123 Å². The summed E-state index contributed by atoms with van der Waals surface area (Å²) < 4.78 is 49.9. The zero-order chi connectivity index (χ0) is 25.7. The highest BCUT2D eigenvalue weighted by molar-refractivity contribution is 5.90. The summed E-state index contributed by atoms with van der Waals surface area (Å²) >= 11 is 0. The zero-order valence-corrected chi connectivity index (χ0v) is 21.6. The van der Waals surface area contributed by atoms with Crippen molar-refractivity contribution in [2.75, 3.05) is 0 Å². The highest BCUT2D eigenvalue weighted by Crippen LogP contribution is 2.39. The van der Waals surface area contributed by atoms with Crippen molar-refractivity contribution in [3.63, 3.8) is 0 Å². The van der Waals surface area contributed by atoms with Crippen LogP contribution in [0.15, 0.2) is 30.3 Å². The first-order valence-electron chi connectivity index (χ1n) is 13.9. The van der Waals surface area contributed by atoms with E-state index in [1.165, 1.54) is 6.07 Å². The van der Waals surface area contributed by atoms with Gasteiger partial charge in [0, 0.05) is 0 Å². The van der Waals surface area contributed by atoms with Gasteiger partial charge in [0.2, 0.25) is 0 Å². The predicted octanol–water partition coefficient (Wildman–Crippen LogP) is 9.01. The molecule has 0 spiro atoms. The minimum atomic E-state index is -1.09. The maximum absolute atomic E-state index is 14.9. The standard InChI is InChI=1S/C31H39F3O2/c1-3-5-6-23-11-12-24(19-28(23)32)21-13-15-25(16-14-21)36-31(35)27-18-17-26(29(33)30(27)34)22-9-7-20(4-2)8-10-22/h11-12,17-22,25H,3-10,13-16H2,1-2H3. The van der Waals surface area contributed by atoms with Crippen molar-refractivity contribution in [1.29, 1.82) is 0 Å². The quantitative estimate of drug-likeness (QED) is 0.338. The van der Waals surface area contributed by atoms with Gasteiger partial charge in [-0.1, -0.05) is 44.9 Å². The van der Waals surface area contributed by atoms with E-state index in [9.17, 15) is 18.0 Å². The Bertz CT molecular complexity index is 1030. The first-order chi connectivity index (χ1) is 17.4. The Kier molecular flexibility index (Phi) is 9.14. The van der Waals surface area contributed by atoms with Gasteiger partial charge in [-0.15, -0.1) is 0 Å². The number of esters is 1. The summed E-state index contributed by atoms with van der Waals surface area (Å²) in [5.74, 6) is -2.06. The summed E-state index contributed by atoms with van der Waals surface area (Å²) in [4.78, 5) is 12.7. The average molecular weight is 501 g/mol. The Morgan fingerprint density at radius 3 is 2.19 bits per heavy atom. The fourth-order valence-electron chi connectivity index (χ4n) is 6.04. The Balaban J connectivity index is 1.33. The van der Waals surface area contributed by atoms with Gasteiger partial charge in [0.15, 0.2) is 11.6 Å². The lowest BCUT2D eigenvalue weighted by molar-refractivity contribution is 0.0189. The third-order valence-electron chi connectivity index (χ3n) is 8.49. The van der Waals surface area contributed by atoms with E-state index >= 15 is 0 Å². The van der Waals surface area contributed by atoms with E-state index in [2.05, 4.69) is 13.8 Å². The van der Waals surface area contributed by atoms with Gasteiger partial charge in [-0.2, -0.15) is 0 Å². The molecule has 2 aromatic rings. The lowest BCUT2D eigenvalue weighted by Gasteiger charge is -2.29. The fraction of sp³-hybridized carbons (Fsp3) is 0.581. The van der Waals surface area contributed by atoms with Crippen LogP contribution < -0.4 is 0 Å². The second kappa shape index (κ2) is 12.3. The van der Waals surface area contributed by atoms with E-state index in [1.54, 1.807) is 12.1 Å². The van der Waals surface area contributed by atoms with Gasteiger partial charge in [0.25, 0.3) is 0 Å². The molecule has 0 radical (unpaired) electrons. The molecule has 0 aliphatic heterocycles. The number of rotatable bonds is 8. The Hall–Kier alpha value is -2.30. The molecule has 2 fully saturated rings. The van der Waals surface area contributed by atoms with Crippen molar-refractivity contribution in [2.45, 2.75) is 109 Å². The molecule has 0 atom stereocenters. The number of ether oxygens (including phenoxy) is 1. The maximum atomic E-state index is 14.9. The third kappa shape index (κ3) is 6.15. The molecule has 0 saturated heterocycles. The molecule has 2 nitrogen and oxygen atoms in total. The third-order valence-corrected chi connectivity index (χ3v) is 8.49. The van der Waals surface area contributed by atoms with E-state index in [0.29, 0.717) is 24.3 Å². The summed E-state index contributed by atoms with van der Waals surface area (Å²) in [5.41, 5.74) is 1.80. The topological polar surface area (TPSA) is 26.3 Å². The fourth-order valence-corrected chi connectivity index (χ4v) is 6.04. The number of hydrogen-bond acceptors (Lipinski definition) is 2. The summed E-state index contributed by atoms with van der Waals surface area (Å²) in [6.45, 7) is 4.26. The molecule has 2 saturated carbocycles. The number of aryl methyl sites for hydroxylation is 1. The zero-order valence-electron chi connectivity index (χ0n) is 21.6. The van der Waals surface area contributed by atoms with Crippen molar-refractivity contribution in [3.8, 4) is 0 Å². The van der Waals surface area contributed by atoms with Crippen molar-refractivity contribution >= 4 is 5.97 Å². The first kappa shape index (κ1) is 26.8. The number of unbranched alkanes of at least 4 members (excludes halogenated alkanes) is 1. The van der Waals surface area contributed by atoms with Crippen LogP contribution in [0.2, 0.25) is 0 Å². The molecule has 0 aromatic heterocycles. The Morgan fingerprint density at radius 1 is 0.861 bits per heavy atom. The van der Waals surface area contributed by atoms with Gasteiger partial charge in [0.1, 0.15) is 11.9 Å². The molecular weight excluding hydrogens is 461 g/mol. The van der Waals surface area contributed by atoms with Gasteiger partial charge in [-0.3, -0.25) is 0 Å². The molecule has 36 heavy (non-hydrogen) atoms. The number of halogens is 3. The highest BCUT2D eigenvalue weighted by Gasteiger charge is 2.30. The van der Waals surface area contributed by atoms with E-state index < -0.39 is 17.6 Å². The molecule has 2 aliphatic rings. The van der Waals surface area contributed by atoms with E-state index in [1.807, 2.05) is 12.1 Å². The molecule has 2 aliphatic carbocycles. The number of carbonyl (C=O) groups is 1. The number of hydrogen-bond donors (Lipinski definition) is 0. The average Bonchev–Trinajstić information content (AvgIpc) is 2.90. The second-order valence-electron chi connectivity index (χ2n) is 10.8. The molecule has 0 N–H and O–H groups in total. The smallest absolute Gasteiger partial charge is 0.341 e. The summed E-state index contributed by atoms with van der Waals surface area (Å²) in [6, 6.07) is 8.51. The monoisotopic (exact) mass is 500 g/mol. The lowest BCUT2D eigenvalue weighted by atomic mass is 9.77. The largest absolute Gasteiger partial charge is 0.459 e. The molecule has 4 rings (SSSR count). The van der Waals surface area contributed by atoms with E-state index in [4.69, 9.17) is 4.74 Å². The minimum absolute atomic E-state index is 0.00759. The van der Waals surface area contributed by atoms with Crippen LogP contribution in [-0.2, 0) is 11.2 Å². The van der Waals surface area contributed by atoms with Crippen LogP contribution in [0.4, 0.5) is 13.2 Å². The van der Waals surface area contributed by atoms with Crippen molar-refractivity contribution in [3.05, 3.63) is 70.0 Å². The first-order valence-corrected chi connectivity index (χ1v) is 13.9. The van der Waals surface area contributed by atoms with Gasteiger partial charge in [-0.05, 0) is 111 Å². The summed E-state index contributed by atoms with van der Waals surface area (Å²) in [7, 11) is 0. The maximum Gasteiger partial charge on any atom is 0.341 e. The van der Waals surface area contributed by atoms with Gasteiger partial charge in [0.05, 0.1) is 5.56 Å². The van der Waals surface area contributed by atoms with Crippen molar-refractivity contribution < 1.29 is 22.7 Å². The Morgan fingerprint density at radius 2 is 1.56 bits per heavy atom. The molecular formula is C31H39F3O2. The number of benzene rings is 2. The molecule has 0 bridgehead atoms. The molecule has 2 aromatic carbocycles. The predicted molar refractivity (Wildman–Crippen MR) is 137 cm³/mol. The van der Waals surface area contributed by atoms with Gasteiger partial charge in [-0.25, -0.2) is 18.0 Å².